The second-order valence-electron chi connectivity index (χ2n) is 6.10. The first-order chi connectivity index (χ1) is 8.12. The van der Waals surface area contributed by atoms with E-state index >= 15 is 0 Å². The first-order valence-corrected chi connectivity index (χ1v) is 11.3. The molecule has 106 valence electrons. The van der Waals surface area contributed by atoms with Crippen LogP contribution in [0.25, 0.3) is 0 Å². The molecule has 0 unspecified atom stereocenters. The van der Waals surface area contributed by atoms with Crippen LogP contribution in [0.1, 0.15) is 73.1 Å². The summed E-state index contributed by atoms with van der Waals surface area (Å²) in [4.78, 5) is 0. The van der Waals surface area contributed by atoms with Crippen molar-refractivity contribution < 1.29 is 0 Å². The quantitative estimate of drug-likeness (QED) is 0.401. The average molecular weight is 260 g/mol. The van der Waals surface area contributed by atoms with Gasteiger partial charge < -0.3 is 0 Å². The number of hydrogen-bond donors (Lipinski definition) is 0. The fraction of sp³-hybridized carbons (Fsp3) is 1.00. The molecule has 0 saturated carbocycles. The van der Waals surface area contributed by atoms with Gasteiger partial charge in [-0.1, -0.05) is 0 Å². The second kappa shape index (κ2) is 8.52. The molecule has 0 rings (SSSR count). The van der Waals surface area contributed by atoms with Gasteiger partial charge in [0.2, 0.25) is 0 Å². The Bertz CT molecular complexity index is 153. The van der Waals surface area contributed by atoms with Gasteiger partial charge in [-0.3, -0.25) is 0 Å². The molecule has 0 spiro atoms. The molecule has 0 aromatic heterocycles. The van der Waals surface area contributed by atoms with Gasteiger partial charge in [-0.05, 0) is 0 Å². The van der Waals surface area contributed by atoms with E-state index in [2.05, 4.69) is 34.6 Å². The van der Waals surface area contributed by atoms with Crippen LogP contribution in [0.4, 0.5) is 0 Å². The van der Waals surface area contributed by atoms with Gasteiger partial charge in [0, 0.05) is 0 Å². The Morgan fingerprint density at radius 3 is 1.00 bits per heavy atom. The maximum atomic E-state index is 2.50. The Labute approximate surface area is 111 Å². The molecule has 0 aromatic carbocycles. The monoisotopic (exact) mass is 260 g/mol. The molecule has 0 amide bonds. The van der Waals surface area contributed by atoms with E-state index in [1.807, 2.05) is 0 Å². The van der Waals surface area contributed by atoms with Gasteiger partial charge in [0.15, 0.2) is 0 Å². The second-order valence-corrected chi connectivity index (χ2v) is 13.2. The third-order valence-corrected chi connectivity index (χ3v) is 13.5. The molecule has 0 aromatic rings. The minimum atomic E-state index is -1.33. The third-order valence-electron chi connectivity index (χ3n) is 5.22. The van der Waals surface area contributed by atoms with E-state index in [-0.39, 0.29) is 0 Å². The maximum absolute atomic E-state index is 2.50. The van der Waals surface area contributed by atoms with Crippen LogP contribution in [0.5, 0.6) is 0 Å². The molecule has 0 aliphatic carbocycles. The van der Waals surface area contributed by atoms with Crippen molar-refractivity contribution in [2.75, 3.05) is 30.8 Å². The first-order valence-electron chi connectivity index (χ1n) is 8.12. The summed E-state index contributed by atoms with van der Waals surface area (Å²) in [6.45, 7) is 10.7. The SMILES string of the molecule is CCCCP(CC)(CC)(CCCC)CCCC. The van der Waals surface area contributed by atoms with Gasteiger partial charge in [0.1, 0.15) is 0 Å². The van der Waals surface area contributed by atoms with E-state index < -0.39 is 6.60 Å². The Balaban J connectivity index is 4.88. The number of unbranched alkanes of at least 4 members (excludes halogenated alkanes) is 3. The summed E-state index contributed by atoms with van der Waals surface area (Å²) in [7, 11) is 0. The Morgan fingerprint density at radius 2 is 0.824 bits per heavy atom. The molecule has 0 atom stereocenters. The molecule has 0 bridgehead atoms. The van der Waals surface area contributed by atoms with Crippen LogP contribution in [-0.2, 0) is 0 Å². The molecule has 17 heavy (non-hydrogen) atoms. The van der Waals surface area contributed by atoms with Crippen molar-refractivity contribution in [3.63, 3.8) is 0 Å². The van der Waals surface area contributed by atoms with Crippen LogP contribution in [-0.4, -0.2) is 30.8 Å². The predicted octanol–water partition coefficient (Wildman–Crippen LogP) is 5.98. The van der Waals surface area contributed by atoms with Gasteiger partial charge >= 0.3 is 111 Å². The van der Waals surface area contributed by atoms with Crippen LogP contribution < -0.4 is 0 Å². The molecule has 1 heteroatoms. The minimum absolute atomic E-state index is 1.33. The van der Waals surface area contributed by atoms with E-state index in [0.717, 1.165) is 0 Å². The molecular formula is C16H37P. The molecule has 0 N–H and O–H groups in total. The molecular weight excluding hydrogens is 223 g/mol. The number of rotatable bonds is 11. The Hall–Kier alpha value is 0.430. The third kappa shape index (κ3) is 4.90. The molecule has 0 aliphatic rings. The Morgan fingerprint density at radius 1 is 0.529 bits per heavy atom. The van der Waals surface area contributed by atoms with Crippen LogP contribution in [0.2, 0.25) is 0 Å². The zero-order chi connectivity index (χ0) is 13.2. The van der Waals surface area contributed by atoms with Crippen molar-refractivity contribution in [2.45, 2.75) is 73.1 Å². The first kappa shape index (κ1) is 17.4. The molecule has 0 radical (unpaired) electrons. The van der Waals surface area contributed by atoms with Crippen LogP contribution in [0, 0.1) is 0 Å². The summed E-state index contributed by atoms with van der Waals surface area (Å²) in [6.07, 6.45) is 16.4. The van der Waals surface area contributed by atoms with Crippen molar-refractivity contribution in [2.24, 2.45) is 0 Å². The van der Waals surface area contributed by atoms with Crippen molar-refractivity contribution in [3.8, 4) is 0 Å². The molecule has 0 saturated heterocycles. The van der Waals surface area contributed by atoms with Crippen molar-refractivity contribution in [1.29, 1.82) is 0 Å². The van der Waals surface area contributed by atoms with E-state index in [4.69, 9.17) is 0 Å². The summed E-state index contributed by atoms with van der Waals surface area (Å²) in [5.41, 5.74) is 0. The van der Waals surface area contributed by atoms with Crippen LogP contribution in [0.3, 0.4) is 0 Å². The van der Waals surface area contributed by atoms with Crippen molar-refractivity contribution in [1.82, 2.24) is 0 Å². The van der Waals surface area contributed by atoms with Gasteiger partial charge in [-0.25, -0.2) is 0 Å². The summed E-state index contributed by atoms with van der Waals surface area (Å²) in [5.74, 6) is 0. The predicted molar refractivity (Wildman–Crippen MR) is 87.3 cm³/mol. The summed E-state index contributed by atoms with van der Waals surface area (Å²) in [5, 5.41) is 0. The van der Waals surface area contributed by atoms with Crippen molar-refractivity contribution in [3.05, 3.63) is 0 Å². The molecule has 0 fully saturated rings. The van der Waals surface area contributed by atoms with Gasteiger partial charge in [0.05, 0.1) is 0 Å². The Kier molecular flexibility index (Phi) is 8.73. The van der Waals surface area contributed by atoms with Gasteiger partial charge in [0.25, 0.3) is 0 Å². The standard InChI is InChI=1S/C16H37P/c1-6-11-14-17(9-4,10-5,15-12-7-2)16-13-8-3/h6-16H2,1-5H3. The van der Waals surface area contributed by atoms with E-state index in [1.54, 1.807) is 18.5 Å². The van der Waals surface area contributed by atoms with E-state index in [1.165, 1.54) is 50.8 Å². The van der Waals surface area contributed by atoms with Gasteiger partial charge in [-0.15, -0.1) is 0 Å². The summed E-state index contributed by atoms with van der Waals surface area (Å²) >= 11 is 0. The average Bonchev–Trinajstić information content (AvgIpc) is 2.40. The zero-order valence-corrected chi connectivity index (χ0v) is 14.1. The van der Waals surface area contributed by atoms with Crippen molar-refractivity contribution >= 4 is 6.60 Å². The van der Waals surface area contributed by atoms with E-state index in [9.17, 15) is 0 Å². The molecule has 0 heterocycles. The normalized spacial score (nSPS) is 14.5. The molecule has 0 nitrogen and oxygen atoms in total. The van der Waals surface area contributed by atoms with Gasteiger partial charge in [-0.2, -0.15) is 0 Å². The molecule has 0 aliphatic heterocycles. The van der Waals surface area contributed by atoms with E-state index in [0.29, 0.717) is 0 Å². The fourth-order valence-corrected chi connectivity index (χ4v) is 9.97. The fourth-order valence-electron chi connectivity index (χ4n) is 3.32. The topological polar surface area (TPSA) is 0 Å². The summed E-state index contributed by atoms with van der Waals surface area (Å²) < 4.78 is 0. The number of hydrogen-bond acceptors (Lipinski definition) is 0. The zero-order valence-electron chi connectivity index (χ0n) is 13.2. The van der Waals surface area contributed by atoms with Crippen LogP contribution in [0.15, 0.2) is 0 Å². The summed E-state index contributed by atoms with van der Waals surface area (Å²) in [6, 6.07) is 0. The van der Waals surface area contributed by atoms with Crippen LogP contribution >= 0.6 is 6.60 Å².